The molecule has 5 aromatic rings. The first-order chi connectivity index (χ1) is 14.8. The number of nitrogens with zero attached hydrogens (tertiary/aromatic N) is 3. The summed E-state index contributed by atoms with van der Waals surface area (Å²) in [4.78, 5) is 17.4. The van der Waals surface area contributed by atoms with Gasteiger partial charge in [-0.25, -0.2) is 10.1 Å². The average Bonchev–Trinajstić information content (AvgIpc) is 3.36. The molecule has 0 atom stereocenters. The first-order valence-electron chi connectivity index (χ1n) is 9.40. The molecule has 5 rings (SSSR count). The molecule has 146 valence electrons. The Morgan fingerprint density at radius 3 is 2.40 bits per heavy atom. The minimum atomic E-state index is -0.205. The second kappa shape index (κ2) is 7.56. The second-order valence-corrected chi connectivity index (χ2v) is 6.60. The average molecular weight is 395 g/mol. The maximum absolute atomic E-state index is 13.1. The molecule has 3 aromatic carbocycles. The maximum atomic E-state index is 13.1. The number of H-pyrrole nitrogens is 1. The standard InChI is InChI=1S/C23H17N5O2/c29-22-18(15-24-26-23-25-19-13-7-8-14-20(19)30-23)21(16-9-3-1-4-10-16)27-28(22)17-11-5-2-6-12-17/h1-15,27H,(H,25,26)/b24-15+. The largest absolute Gasteiger partial charge is 0.422 e. The third kappa shape index (κ3) is 3.29. The molecule has 0 saturated heterocycles. The van der Waals surface area contributed by atoms with E-state index >= 15 is 0 Å². The normalized spacial score (nSPS) is 11.3. The van der Waals surface area contributed by atoms with Crippen molar-refractivity contribution < 1.29 is 4.42 Å². The Morgan fingerprint density at radius 1 is 0.933 bits per heavy atom. The minimum absolute atomic E-state index is 0.205. The number of para-hydroxylation sites is 3. The maximum Gasteiger partial charge on any atom is 0.316 e. The van der Waals surface area contributed by atoms with Crippen molar-refractivity contribution in [2.75, 3.05) is 5.43 Å². The molecule has 7 heteroatoms. The summed E-state index contributed by atoms with van der Waals surface area (Å²) >= 11 is 0. The zero-order valence-corrected chi connectivity index (χ0v) is 15.8. The summed E-state index contributed by atoms with van der Waals surface area (Å²) in [6, 6.07) is 26.7. The van der Waals surface area contributed by atoms with Crippen LogP contribution in [-0.2, 0) is 0 Å². The molecule has 7 nitrogen and oxygen atoms in total. The number of hydrazone groups is 1. The first kappa shape index (κ1) is 17.7. The highest BCUT2D eigenvalue weighted by atomic mass is 16.4. The van der Waals surface area contributed by atoms with Crippen LogP contribution in [-0.4, -0.2) is 21.0 Å². The van der Waals surface area contributed by atoms with E-state index < -0.39 is 0 Å². The number of benzene rings is 3. The van der Waals surface area contributed by atoms with Crippen LogP contribution in [0, 0.1) is 0 Å². The van der Waals surface area contributed by atoms with Gasteiger partial charge in [0, 0.05) is 5.56 Å². The van der Waals surface area contributed by atoms with Gasteiger partial charge >= 0.3 is 6.01 Å². The highest BCUT2D eigenvalue weighted by molar-refractivity contribution is 5.89. The lowest BCUT2D eigenvalue weighted by molar-refractivity contribution is 0.617. The Balaban J connectivity index is 1.53. The van der Waals surface area contributed by atoms with Crippen molar-refractivity contribution in [3.8, 4) is 16.9 Å². The molecular formula is C23H17N5O2. The monoisotopic (exact) mass is 395 g/mol. The van der Waals surface area contributed by atoms with E-state index in [1.807, 2.05) is 84.9 Å². The molecule has 2 N–H and O–H groups in total. The van der Waals surface area contributed by atoms with Crippen molar-refractivity contribution in [2.45, 2.75) is 0 Å². The van der Waals surface area contributed by atoms with Crippen LogP contribution in [0.1, 0.15) is 5.56 Å². The number of fused-ring (bicyclic) bond motifs is 1. The Bertz CT molecular complexity index is 1350. The fraction of sp³-hybridized carbons (Fsp3) is 0. The number of oxazole rings is 1. The molecule has 0 unspecified atom stereocenters. The molecule has 0 fully saturated rings. The number of rotatable bonds is 5. The van der Waals surface area contributed by atoms with Crippen molar-refractivity contribution in [1.82, 2.24) is 14.8 Å². The third-order valence-corrected chi connectivity index (χ3v) is 4.65. The van der Waals surface area contributed by atoms with Crippen molar-refractivity contribution in [3.63, 3.8) is 0 Å². The van der Waals surface area contributed by atoms with Gasteiger partial charge in [-0.2, -0.15) is 10.1 Å². The molecule has 0 aliphatic rings. The molecule has 0 radical (unpaired) electrons. The Kier molecular flexibility index (Phi) is 4.46. The van der Waals surface area contributed by atoms with Gasteiger partial charge in [-0.05, 0) is 24.3 Å². The summed E-state index contributed by atoms with van der Waals surface area (Å²) in [5.41, 5.74) is 6.67. The predicted octanol–water partition coefficient (Wildman–Crippen LogP) is 4.42. The number of hydrogen-bond donors (Lipinski definition) is 2. The van der Waals surface area contributed by atoms with E-state index in [1.165, 1.54) is 10.9 Å². The van der Waals surface area contributed by atoms with Crippen molar-refractivity contribution in [2.24, 2.45) is 5.10 Å². The van der Waals surface area contributed by atoms with Gasteiger partial charge in [0.05, 0.1) is 23.2 Å². The zero-order valence-electron chi connectivity index (χ0n) is 15.8. The van der Waals surface area contributed by atoms with Gasteiger partial charge in [-0.1, -0.05) is 60.7 Å². The highest BCUT2D eigenvalue weighted by Gasteiger charge is 2.15. The van der Waals surface area contributed by atoms with E-state index in [2.05, 4.69) is 20.6 Å². The predicted molar refractivity (Wildman–Crippen MR) is 117 cm³/mol. The molecule has 0 aliphatic carbocycles. The lowest BCUT2D eigenvalue weighted by Crippen LogP contribution is -2.17. The minimum Gasteiger partial charge on any atom is -0.422 e. The van der Waals surface area contributed by atoms with E-state index in [0.717, 1.165) is 16.8 Å². The molecule has 0 spiro atoms. The van der Waals surface area contributed by atoms with Crippen LogP contribution in [0.2, 0.25) is 0 Å². The van der Waals surface area contributed by atoms with E-state index in [9.17, 15) is 4.79 Å². The van der Waals surface area contributed by atoms with Crippen molar-refractivity contribution >= 4 is 23.3 Å². The molecule has 0 bridgehead atoms. The van der Waals surface area contributed by atoms with E-state index in [4.69, 9.17) is 4.42 Å². The first-order valence-corrected chi connectivity index (χ1v) is 9.40. The Labute approximate surface area is 171 Å². The third-order valence-electron chi connectivity index (χ3n) is 4.65. The molecular weight excluding hydrogens is 378 g/mol. The topological polar surface area (TPSA) is 88.2 Å². The zero-order chi connectivity index (χ0) is 20.3. The van der Waals surface area contributed by atoms with Crippen LogP contribution in [0.3, 0.4) is 0 Å². The van der Waals surface area contributed by atoms with Gasteiger partial charge < -0.3 is 4.42 Å². The van der Waals surface area contributed by atoms with Crippen LogP contribution in [0.4, 0.5) is 6.01 Å². The lowest BCUT2D eigenvalue weighted by Gasteiger charge is -2.01. The summed E-state index contributed by atoms with van der Waals surface area (Å²) in [6.07, 6.45) is 1.48. The van der Waals surface area contributed by atoms with Gasteiger partial charge in [0.15, 0.2) is 5.58 Å². The van der Waals surface area contributed by atoms with Crippen LogP contribution < -0.4 is 11.0 Å². The summed E-state index contributed by atoms with van der Waals surface area (Å²) in [6.45, 7) is 0. The van der Waals surface area contributed by atoms with Crippen molar-refractivity contribution in [1.29, 1.82) is 0 Å². The van der Waals surface area contributed by atoms with Gasteiger partial charge in [0.1, 0.15) is 5.52 Å². The number of hydrogen-bond acceptors (Lipinski definition) is 5. The summed E-state index contributed by atoms with van der Waals surface area (Å²) in [7, 11) is 0. The smallest absolute Gasteiger partial charge is 0.316 e. The SMILES string of the molecule is O=c1c(/C=N/Nc2nc3ccccc3o2)c(-c2ccccc2)[nH]n1-c1ccccc1. The molecule has 2 heterocycles. The van der Waals surface area contributed by atoms with E-state index in [-0.39, 0.29) is 11.6 Å². The van der Waals surface area contributed by atoms with E-state index in [1.54, 1.807) is 0 Å². The summed E-state index contributed by atoms with van der Waals surface area (Å²) < 4.78 is 7.10. The van der Waals surface area contributed by atoms with E-state index in [0.29, 0.717) is 16.8 Å². The number of aromatic nitrogens is 3. The Morgan fingerprint density at radius 2 is 1.63 bits per heavy atom. The molecule has 2 aromatic heterocycles. The molecule has 0 saturated carbocycles. The summed E-state index contributed by atoms with van der Waals surface area (Å²) in [5.74, 6) is 0. The van der Waals surface area contributed by atoms with Crippen LogP contribution in [0.25, 0.3) is 28.0 Å². The fourth-order valence-electron chi connectivity index (χ4n) is 3.23. The van der Waals surface area contributed by atoms with Crippen LogP contribution in [0.15, 0.2) is 99.2 Å². The number of anilines is 1. The quantitative estimate of drug-likeness (QED) is 0.341. The summed E-state index contributed by atoms with van der Waals surface area (Å²) in [5, 5.41) is 7.40. The second-order valence-electron chi connectivity index (χ2n) is 6.60. The Hall–Kier alpha value is -4.39. The lowest BCUT2D eigenvalue weighted by atomic mass is 10.1. The van der Waals surface area contributed by atoms with Crippen molar-refractivity contribution in [3.05, 3.63) is 101 Å². The molecule has 30 heavy (non-hydrogen) atoms. The van der Waals surface area contributed by atoms with Gasteiger partial charge in [0.25, 0.3) is 5.56 Å². The number of nitrogens with one attached hydrogen (secondary N) is 2. The van der Waals surface area contributed by atoms with Gasteiger partial charge in [-0.3, -0.25) is 9.89 Å². The van der Waals surface area contributed by atoms with Crippen LogP contribution in [0.5, 0.6) is 0 Å². The molecule has 0 amide bonds. The van der Waals surface area contributed by atoms with Crippen LogP contribution >= 0.6 is 0 Å². The fourth-order valence-corrected chi connectivity index (χ4v) is 3.23. The molecule has 0 aliphatic heterocycles. The number of aromatic amines is 1. The highest BCUT2D eigenvalue weighted by Crippen LogP contribution is 2.20. The van der Waals surface area contributed by atoms with Gasteiger partial charge in [0.2, 0.25) is 0 Å². The van der Waals surface area contributed by atoms with Gasteiger partial charge in [-0.15, -0.1) is 0 Å².